The zero-order chi connectivity index (χ0) is 14.2. The van der Waals surface area contributed by atoms with E-state index in [-0.39, 0.29) is 6.10 Å². The normalized spacial score (nSPS) is 11.9. The third kappa shape index (κ3) is 3.95. The molecule has 1 aromatic carbocycles. The van der Waals surface area contributed by atoms with Gasteiger partial charge in [0.25, 0.3) is 0 Å². The molecule has 2 aromatic rings. The first-order valence-electron chi connectivity index (χ1n) is 7.06. The maximum absolute atomic E-state index is 5.97. The molecule has 1 heterocycles. The van der Waals surface area contributed by atoms with Crippen LogP contribution in [0.2, 0.25) is 0 Å². The fourth-order valence-corrected chi connectivity index (χ4v) is 1.90. The molecule has 0 amide bonds. The van der Waals surface area contributed by atoms with E-state index in [1.807, 2.05) is 25.1 Å². The van der Waals surface area contributed by atoms with Crippen LogP contribution in [0.3, 0.4) is 0 Å². The molecule has 1 atom stereocenters. The van der Waals surface area contributed by atoms with Gasteiger partial charge in [0.2, 0.25) is 0 Å². The molecule has 4 nitrogen and oxygen atoms in total. The molecular formula is C16H21N3O. The van der Waals surface area contributed by atoms with Crippen molar-refractivity contribution in [2.45, 2.75) is 32.8 Å². The van der Waals surface area contributed by atoms with Gasteiger partial charge in [-0.25, -0.2) is 9.97 Å². The highest BCUT2D eigenvalue weighted by molar-refractivity contribution is 5.48. The molecule has 0 aliphatic rings. The summed E-state index contributed by atoms with van der Waals surface area (Å²) in [5.74, 6) is 1.45. The van der Waals surface area contributed by atoms with E-state index in [0.29, 0.717) is 5.75 Å². The van der Waals surface area contributed by atoms with Crippen molar-refractivity contribution >= 4 is 5.82 Å². The first kappa shape index (κ1) is 14.3. The molecule has 0 radical (unpaired) electrons. The zero-order valence-electron chi connectivity index (χ0n) is 12.0. The molecule has 20 heavy (non-hydrogen) atoms. The summed E-state index contributed by atoms with van der Waals surface area (Å²) < 4.78 is 5.97. The Bertz CT molecular complexity index is 516. The number of anilines is 1. The summed E-state index contributed by atoms with van der Waals surface area (Å²) in [7, 11) is 0. The quantitative estimate of drug-likeness (QED) is 0.777. The van der Waals surface area contributed by atoms with Crippen molar-refractivity contribution in [1.82, 2.24) is 9.97 Å². The Morgan fingerprint density at radius 3 is 2.80 bits per heavy atom. The number of unbranched alkanes of at least 4 members (excludes halogenated alkanes) is 1. The minimum absolute atomic E-state index is 0.0334. The minimum atomic E-state index is -0.0334. The monoisotopic (exact) mass is 271 g/mol. The topological polar surface area (TPSA) is 47.0 Å². The van der Waals surface area contributed by atoms with Gasteiger partial charge in [0, 0.05) is 6.54 Å². The van der Waals surface area contributed by atoms with Gasteiger partial charge >= 0.3 is 0 Å². The van der Waals surface area contributed by atoms with Gasteiger partial charge in [-0.1, -0.05) is 43.7 Å². The van der Waals surface area contributed by atoms with Crippen molar-refractivity contribution in [3.8, 4) is 5.75 Å². The Kier molecular flexibility index (Phi) is 5.35. The number of aromatic nitrogens is 2. The van der Waals surface area contributed by atoms with Crippen molar-refractivity contribution in [1.29, 1.82) is 0 Å². The molecule has 0 saturated carbocycles. The number of nitrogens with zero attached hydrogens (tertiary/aromatic N) is 2. The lowest BCUT2D eigenvalue weighted by atomic mass is 10.1. The second kappa shape index (κ2) is 7.48. The fraction of sp³-hybridized carbons (Fsp3) is 0.375. The lowest BCUT2D eigenvalue weighted by Gasteiger charge is -2.17. The van der Waals surface area contributed by atoms with Crippen LogP contribution in [-0.2, 0) is 0 Å². The van der Waals surface area contributed by atoms with Crippen LogP contribution in [0.5, 0.6) is 5.75 Å². The highest BCUT2D eigenvalue weighted by Gasteiger charge is 2.11. The van der Waals surface area contributed by atoms with E-state index in [2.05, 4.69) is 34.3 Å². The van der Waals surface area contributed by atoms with Crippen LogP contribution in [0.25, 0.3) is 0 Å². The van der Waals surface area contributed by atoms with E-state index in [9.17, 15) is 0 Å². The molecule has 2 rings (SSSR count). The predicted octanol–water partition coefficient (Wildman–Crippen LogP) is 3.83. The van der Waals surface area contributed by atoms with Crippen LogP contribution in [0.15, 0.2) is 42.9 Å². The molecule has 1 aromatic heterocycles. The van der Waals surface area contributed by atoms with E-state index in [4.69, 9.17) is 4.74 Å². The lowest BCUT2D eigenvalue weighted by Crippen LogP contribution is -2.09. The van der Waals surface area contributed by atoms with Gasteiger partial charge in [0.05, 0.1) is 6.20 Å². The smallest absolute Gasteiger partial charge is 0.180 e. The Morgan fingerprint density at radius 2 is 2.05 bits per heavy atom. The van der Waals surface area contributed by atoms with Gasteiger partial charge in [-0.15, -0.1) is 0 Å². The molecule has 4 heteroatoms. The SMILES string of the molecule is CCCCNc1ncncc1O[C@@H](C)c1ccccc1. The third-order valence-corrected chi connectivity index (χ3v) is 3.07. The summed E-state index contributed by atoms with van der Waals surface area (Å²) in [6, 6.07) is 10.1. The van der Waals surface area contributed by atoms with Gasteiger partial charge in [0.15, 0.2) is 11.6 Å². The summed E-state index contributed by atoms with van der Waals surface area (Å²) in [6.45, 7) is 5.08. The van der Waals surface area contributed by atoms with Gasteiger partial charge in [-0.2, -0.15) is 0 Å². The lowest BCUT2D eigenvalue weighted by molar-refractivity contribution is 0.226. The molecule has 0 spiro atoms. The van der Waals surface area contributed by atoms with Crippen molar-refractivity contribution in [2.24, 2.45) is 0 Å². The predicted molar refractivity (Wildman–Crippen MR) is 80.9 cm³/mol. The van der Waals surface area contributed by atoms with Crippen molar-refractivity contribution in [3.63, 3.8) is 0 Å². The van der Waals surface area contributed by atoms with E-state index >= 15 is 0 Å². The van der Waals surface area contributed by atoms with E-state index in [1.165, 1.54) is 6.33 Å². The second-order valence-electron chi connectivity index (χ2n) is 4.69. The maximum Gasteiger partial charge on any atom is 0.180 e. The number of ether oxygens (including phenoxy) is 1. The van der Waals surface area contributed by atoms with Gasteiger partial charge in [-0.05, 0) is 18.9 Å². The van der Waals surface area contributed by atoms with E-state index < -0.39 is 0 Å². The van der Waals surface area contributed by atoms with E-state index in [0.717, 1.165) is 30.8 Å². The minimum Gasteiger partial charge on any atom is -0.481 e. The Hall–Kier alpha value is -2.10. The Morgan fingerprint density at radius 1 is 1.25 bits per heavy atom. The average Bonchev–Trinajstić information content (AvgIpc) is 2.50. The van der Waals surface area contributed by atoms with E-state index in [1.54, 1.807) is 6.20 Å². The largest absolute Gasteiger partial charge is 0.481 e. The van der Waals surface area contributed by atoms with Crippen molar-refractivity contribution in [3.05, 3.63) is 48.4 Å². The van der Waals surface area contributed by atoms with Crippen molar-refractivity contribution < 1.29 is 4.74 Å². The molecule has 0 saturated heterocycles. The number of rotatable bonds is 7. The summed E-state index contributed by atoms with van der Waals surface area (Å²) in [5, 5.41) is 3.29. The summed E-state index contributed by atoms with van der Waals surface area (Å²) >= 11 is 0. The number of nitrogens with one attached hydrogen (secondary N) is 1. The van der Waals surface area contributed by atoms with Crippen LogP contribution in [-0.4, -0.2) is 16.5 Å². The van der Waals surface area contributed by atoms with Crippen molar-refractivity contribution in [2.75, 3.05) is 11.9 Å². The number of hydrogen-bond donors (Lipinski definition) is 1. The molecular weight excluding hydrogens is 250 g/mol. The first-order chi connectivity index (χ1) is 9.81. The van der Waals surface area contributed by atoms with Crippen LogP contribution in [0.4, 0.5) is 5.82 Å². The average molecular weight is 271 g/mol. The summed E-state index contributed by atoms with van der Waals surface area (Å²) in [4.78, 5) is 8.29. The molecule has 0 fully saturated rings. The molecule has 0 unspecified atom stereocenters. The van der Waals surface area contributed by atoms with Gasteiger partial charge in [-0.3, -0.25) is 0 Å². The zero-order valence-corrected chi connectivity index (χ0v) is 12.0. The fourth-order valence-electron chi connectivity index (χ4n) is 1.90. The molecule has 0 aliphatic carbocycles. The highest BCUT2D eigenvalue weighted by Crippen LogP contribution is 2.26. The molecule has 106 valence electrons. The maximum atomic E-state index is 5.97. The molecule has 0 bridgehead atoms. The summed E-state index contributed by atoms with van der Waals surface area (Å²) in [6.07, 6.45) is 5.47. The third-order valence-electron chi connectivity index (χ3n) is 3.07. The first-order valence-corrected chi connectivity index (χ1v) is 7.06. The van der Waals surface area contributed by atoms with Crippen LogP contribution in [0, 0.1) is 0 Å². The second-order valence-corrected chi connectivity index (χ2v) is 4.69. The number of benzene rings is 1. The van der Waals surface area contributed by atoms with Crippen LogP contribution in [0.1, 0.15) is 38.4 Å². The number of hydrogen-bond acceptors (Lipinski definition) is 4. The highest BCUT2D eigenvalue weighted by atomic mass is 16.5. The Labute approximate surface area is 120 Å². The standard InChI is InChI=1S/C16H21N3O/c1-3-4-10-18-16-15(11-17-12-19-16)20-13(2)14-8-6-5-7-9-14/h5-9,11-13H,3-4,10H2,1-2H3,(H,17,18,19)/t13-/m0/s1. The van der Waals surface area contributed by atoms with Gasteiger partial charge in [0.1, 0.15) is 12.4 Å². The Balaban J connectivity index is 2.05. The van der Waals surface area contributed by atoms with Crippen LogP contribution < -0.4 is 10.1 Å². The van der Waals surface area contributed by atoms with Crippen LogP contribution >= 0.6 is 0 Å². The molecule has 0 aliphatic heterocycles. The summed E-state index contributed by atoms with van der Waals surface area (Å²) in [5.41, 5.74) is 1.14. The van der Waals surface area contributed by atoms with Gasteiger partial charge < -0.3 is 10.1 Å². The molecule has 1 N–H and O–H groups in total.